The van der Waals surface area contributed by atoms with Gasteiger partial charge in [0, 0.05) is 23.7 Å². The molecule has 4 heterocycles. The monoisotopic (exact) mass is 457 g/mol. The Balaban J connectivity index is 1.70. The maximum absolute atomic E-state index is 13.8. The standard InChI is InChI=1S/C17H19N3O6S3/c21-27(22)7-12-14(9-27)20(15-10-28(23,24)8-13(15)19-12)29(25,26)16-5-1-3-11-4-2-6-18-17(11)16/h1-6,12-15,19H,7-10H2/t12-,13+,14+,15-. The fourth-order valence-electron chi connectivity index (χ4n) is 4.75. The molecule has 3 aliphatic rings. The fourth-order valence-corrected chi connectivity index (χ4v) is 10.8. The highest BCUT2D eigenvalue weighted by Gasteiger charge is 2.57. The van der Waals surface area contributed by atoms with Crippen LogP contribution in [-0.2, 0) is 29.7 Å². The van der Waals surface area contributed by atoms with E-state index in [1.807, 2.05) is 0 Å². The lowest BCUT2D eigenvalue weighted by molar-refractivity contribution is 0.161. The van der Waals surface area contributed by atoms with Crippen LogP contribution in [0.25, 0.3) is 10.9 Å². The van der Waals surface area contributed by atoms with Crippen molar-refractivity contribution in [3.63, 3.8) is 0 Å². The van der Waals surface area contributed by atoms with Crippen molar-refractivity contribution in [2.75, 3.05) is 23.0 Å². The first-order valence-electron chi connectivity index (χ1n) is 9.12. The molecular weight excluding hydrogens is 438 g/mol. The molecule has 0 saturated carbocycles. The average Bonchev–Trinajstić information content (AvgIpc) is 3.10. The molecule has 0 amide bonds. The number of rotatable bonds is 2. The summed E-state index contributed by atoms with van der Waals surface area (Å²) in [5, 5.41) is 3.73. The lowest BCUT2D eigenvalue weighted by atomic mass is 10.0. The van der Waals surface area contributed by atoms with E-state index in [1.54, 1.807) is 24.3 Å². The van der Waals surface area contributed by atoms with Crippen molar-refractivity contribution in [1.29, 1.82) is 0 Å². The molecule has 0 radical (unpaired) electrons. The van der Waals surface area contributed by atoms with Crippen LogP contribution in [0, 0.1) is 0 Å². The number of pyridine rings is 1. The predicted molar refractivity (Wildman–Crippen MR) is 106 cm³/mol. The summed E-state index contributed by atoms with van der Waals surface area (Å²) in [5.74, 6) is -1.07. The van der Waals surface area contributed by atoms with E-state index in [0.29, 0.717) is 5.39 Å². The van der Waals surface area contributed by atoms with Crippen LogP contribution in [0.1, 0.15) is 0 Å². The van der Waals surface area contributed by atoms with Gasteiger partial charge in [-0.25, -0.2) is 25.3 Å². The maximum atomic E-state index is 13.8. The molecule has 0 unspecified atom stereocenters. The zero-order valence-corrected chi connectivity index (χ0v) is 17.6. The van der Waals surface area contributed by atoms with E-state index in [1.165, 1.54) is 12.3 Å². The van der Waals surface area contributed by atoms with Crippen molar-refractivity contribution in [3.8, 4) is 0 Å². The van der Waals surface area contributed by atoms with Gasteiger partial charge in [0.1, 0.15) is 4.90 Å². The Bertz CT molecular complexity index is 1270. The van der Waals surface area contributed by atoms with Gasteiger partial charge in [-0.1, -0.05) is 18.2 Å². The van der Waals surface area contributed by atoms with E-state index in [9.17, 15) is 25.3 Å². The highest BCUT2D eigenvalue weighted by Crippen LogP contribution is 2.37. The number of hydrogen-bond acceptors (Lipinski definition) is 8. The van der Waals surface area contributed by atoms with Gasteiger partial charge in [-0.2, -0.15) is 4.31 Å². The van der Waals surface area contributed by atoms with Crippen LogP contribution in [0.3, 0.4) is 0 Å². The quantitative estimate of drug-likeness (QED) is 0.618. The number of sulfone groups is 2. The molecule has 0 aliphatic carbocycles. The van der Waals surface area contributed by atoms with Crippen molar-refractivity contribution in [2.24, 2.45) is 0 Å². The highest BCUT2D eigenvalue weighted by molar-refractivity contribution is 7.92. The minimum atomic E-state index is -4.20. The average molecular weight is 458 g/mol. The Morgan fingerprint density at radius 3 is 2.10 bits per heavy atom. The molecule has 3 aliphatic heterocycles. The maximum Gasteiger partial charge on any atom is 0.245 e. The molecule has 12 heteroatoms. The molecule has 0 spiro atoms. The molecule has 3 saturated heterocycles. The number of sulfonamides is 1. The van der Waals surface area contributed by atoms with Crippen LogP contribution in [0.4, 0.5) is 0 Å². The van der Waals surface area contributed by atoms with Crippen molar-refractivity contribution in [3.05, 3.63) is 36.5 Å². The topological polar surface area (TPSA) is 131 Å². The zero-order chi connectivity index (χ0) is 20.6. The second-order valence-corrected chi connectivity index (χ2v) is 14.0. The van der Waals surface area contributed by atoms with Crippen LogP contribution >= 0.6 is 0 Å². The van der Waals surface area contributed by atoms with Crippen molar-refractivity contribution in [1.82, 2.24) is 14.6 Å². The Labute approximate surface area is 169 Å². The molecular formula is C17H19N3O6S3. The molecule has 1 aromatic carbocycles. The first-order chi connectivity index (χ1) is 13.6. The van der Waals surface area contributed by atoms with Gasteiger partial charge in [0.25, 0.3) is 0 Å². The van der Waals surface area contributed by atoms with Gasteiger partial charge >= 0.3 is 0 Å². The van der Waals surface area contributed by atoms with Crippen LogP contribution in [-0.4, -0.2) is 81.7 Å². The number of hydrogen-bond donors (Lipinski definition) is 1. The summed E-state index contributed by atoms with van der Waals surface area (Å²) in [6.45, 7) is 0. The van der Waals surface area contributed by atoms with Gasteiger partial charge in [-0.3, -0.25) is 4.98 Å². The summed E-state index contributed by atoms with van der Waals surface area (Å²) in [6.07, 6.45) is 1.49. The van der Waals surface area contributed by atoms with Gasteiger partial charge in [0.2, 0.25) is 10.0 Å². The van der Waals surface area contributed by atoms with Gasteiger partial charge in [0.15, 0.2) is 19.7 Å². The molecule has 2 aromatic rings. The third-order valence-corrected chi connectivity index (χ3v) is 11.3. The number of fused-ring (bicyclic) bond motifs is 3. The molecule has 1 aromatic heterocycles. The number of benzene rings is 1. The highest BCUT2D eigenvalue weighted by atomic mass is 32.2. The summed E-state index contributed by atoms with van der Waals surface area (Å²) in [5.41, 5.74) is 0.281. The summed E-state index contributed by atoms with van der Waals surface area (Å²) in [6, 6.07) is 5.25. The number of aromatic nitrogens is 1. The molecule has 0 bridgehead atoms. The third-order valence-electron chi connectivity index (χ3n) is 5.88. The fraction of sp³-hybridized carbons (Fsp3) is 0.471. The predicted octanol–water partition coefficient (Wildman–Crippen LogP) is -0.840. The number of piperazine rings is 1. The zero-order valence-electron chi connectivity index (χ0n) is 15.2. The lowest BCUT2D eigenvalue weighted by Gasteiger charge is -2.43. The van der Waals surface area contributed by atoms with Gasteiger partial charge in [-0.05, 0) is 12.1 Å². The van der Waals surface area contributed by atoms with E-state index in [-0.39, 0.29) is 33.4 Å². The Morgan fingerprint density at radius 2 is 1.48 bits per heavy atom. The largest absolute Gasteiger partial charge is 0.306 e. The molecule has 3 fully saturated rings. The van der Waals surface area contributed by atoms with Gasteiger partial charge < -0.3 is 5.32 Å². The summed E-state index contributed by atoms with van der Waals surface area (Å²) in [7, 11) is -11.1. The molecule has 156 valence electrons. The molecule has 4 atom stereocenters. The summed E-state index contributed by atoms with van der Waals surface area (Å²) < 4.78 is 77.8. The van der Waals surface area contributed by atoms with E-state index in [4.69, 9.17) is 0 Å². The Kier molecular flexibility index (Phi) is 4.14. The molecule has 9 nitrogen and oxygen atoms in total. The minimum absolute atomic E-state index is 0.0383. The Hall–Kier alpha value is -1.60. The number of nitrogens with zero attached hydrogens (tertiary/aromatic N) is 2. The third kappa shape index (κ3) is 3.08. The van der Waals surface area contributed by atoms with Crippen LogP contribution in [0.2, 0.25) is 0 Å². The lowest BCUT2D eigenvalue weighted by Crippen LogP contribution is -2.67. The first kappa shape index (κ1) is 19.4. The Morgan fingerprint density at radius 1 is 0.897 bits per heavy atom. The number of para-hydroxylation sites is 1. The van der Waals surface area contributed by atoms with E-state index < -0.39 is 53.9 Å². The first-order valence-corrected chi connectivity index (χ1v) is 14.2. The minimum Gasteiger partial charge on any atom is -0.306 e. The summed E-state index contributed by atoms with van der Waals surface area (Å²) >= 11 is 0. The normalized spacial score (nSPS) is 33.4. The molecule has 1 N–H and O–H groups in total. The SMILES string of the molecule is O=S1(=O)C[C@@H]2N[C@@H]3CS(=O)(=O)C[C@@H]3N(S(=O)(=O)c3cccc4cccnc34)[C@@H]2C1. The van der Waals surface area contributed by atoms with Crippen molar-refractivity contribution >= 4 is 40.6 Å². The second kappa shape index (κ2) is 6.20. The summed E-state index contributed by atoms with van der Waals surface area (Å²) in [4.78, 5) is 4.17. The van der Waals surface area contributed by atoms with Gasteiger partial charge in [-0.15, -0.1) is 0 Å². The molecule has 29 heavy (non-hydrogen) atoms. The van der Waals surface area contributed by atoms with Crippen molar-refractivity contribution in [2.45, 2.75) is 29.1 Å². The molecule has 5 rings (SSSR count). The van der Waals surface area contributed by atoms with E-state index in [0.717, 1.165) is 4.31 Å². The van der Waals surface area contributed by atoms with Crippen molar-refractivity contribution < 1.29 is 25.3 Å². The second-order valence-electron chi connectivity index (χ2n) is 7.83. The number of nitrogens with one attached hydrogen (secondary N) is 1. The van der Waals surface area contributed by atoms with Gasteiger partial charge in [0.05, 0.1) is 40.6 Å². The smallest absolute Gasteiger partial charge is 0.245 e. The van der Waals surface area contributed by atoms with Crippen LogP contribution in [0.15, 0.2) is 41.4 Å². The van der Waals surface area contributed by atoms with Crippen LogP contribution < -0.4 is 5.32 Å². The van der Waals surface area contributed by atoms with E-state index in [2.05, 4.69) is 10.3 Å². The van der Waals surface area contributed by atoms with Crippen LogP contribution in [0.5, 0.6) is 0 Å². The van der Waals surface area contributed by atoms with E-state index >= 15 is 0 Å².